The fourth-order valence-electron chi connectivity index (χ4n) is 3.90. The number of carbonyl (C=O) groups is 1. The molecule has 0 saturated heterocycles. The number of nitrogens with zero attached hydrogens (tertiary/aromatic N) is 2. The monoisotopic (exact) mass is 383 g/mol. The van der Waals surface area contributed by atoms with Gasteiger partial charge in [-0.1, -0.05) is 36.4 Å². The van der Waals surface area contributed by atoms with Crippen molar-refractivity contribution in [2.24, 2.45) is 0 Å². The Balaban J connectivity index is 1.99. The Morgan fingerprint density at radius 1 is 1.22 bits per heavy atom. The van der Waals surface area contributed by atoms with Crippen LogP contribution in [0.25, 0.3) is 10.8 Å². The lowest BCUT2D eigenvalue weighted by atomic mass is 10.1. The smallest absolute Gasteiger partial charge is 0.249 e. The third-order valence-corrected chi connectivity index (χ3v) is 6.10. The Labute approximate surface area is 161 Å². The minimum atomic E-state index is -0.365. The summed E-state index contributed by atoms with van der Waals surface area (Å²) >= 11 is 1.37. The molecule has 2 heterocycles. The first-order valence-corrected chi connectivity index (χ1v) is 9.70. The van der Waals surface area contributed by atoms with Crippen LogP contribution in [0, 0.1) is 5.82 Å². The minimum absolute atomic E-state index is 0.112. The predicted octanol–water partition coefficient (Wildman–Crippen LogP) is 5.35. The standard InChI is InChI=1S/C21H20FN2O2S/c1-3-24(26-14-25)15(2)13-20(21-18(22)11-12-27-21)23(24)19-10-6-8-16-7-4-5-9-17(16)19/h4-14,20H,3H2,1-2H3/q+1. The molecule has 0 N–H and O–H groups in total. The molecule has 0 amide bonds. The maximum Gasteiger partial charge on any atom is 0.359 e. The number of hydrogen-bond donors (Lipinski definition) is 0. The molecule has 138 valence electrons. The van der Waals surface area contributed by atoms with E-state index in [1.165, 1.54) is 17.4 Å². The van der Waals surface area contributed by atoms with Gasteiger partial charge >= 0.3 is 6.47 Å². The SMILES string of the molecule is CC[N+]1(OC=O)C(C)=CC(c2sccc2F)N1c1cccc2ccccc12. The highest BCUT2D eigenvalue weighted by atomic mass is 32.1. The summed E-state index contributed by atoms with van der Waals surface area (Å²) in [6.45, 7) is 4.82. The predicted molar refractivity (Wildman–Crippen MR) is 105 cm³/mol. The second-order valence-corrected chi connectivity index (χ2v) is 7.40. The summed E-state index contributed by atoms with van der Waals surface area (Å²) in [4.78, 5) is 17.6. The Bertz CT molecular complexity index is 1030. The quantitative estimate of drug-likeness (QED) is 0.440. The second kappa shape index (κ2) is 6.79. The van der Waals surface area contributed by atoms with Gasteiger partial charge in [-0.15, -0.1) is 11.3 Å². The fourth-order valence-corrected chi connectivity index (χ4v) is 4.73. The lowest BCUT2D eigenvalue weighted by Gasteiger charge is -2.39. The van der Waals surface area contributed by atoms with E-state index >= 15 is 0 Å². The Kier molecular flexibility index (Phi) is 4.45. The molecule has 2 atom stereocenters. The number of thiophene rings is 1. The van der Waals surface area contributed by atoms with Crippen molar-refractivity contribution in [2.45, 2.75) is 19.9 Å². The number of carbonyl (C=O) groups excluding carboxylic acids is 1. The van der Waals surface area contributed by atoms with Crippen molar-refractivity contribution < 1.29 is 18.8 Å². The van der Waals surface area contributed by atoms with Crippen LogP contribution in [0.5, 0.6) is 0 Å². The van der Waals surface area contributed by atoms with Crippen molar-refractivity contribution in [2.75, 3.05) is 11.6 Å². The number of benzene rings is 2. The number of allylic oxidation sites excluding steroid dienone is 1. The van der Waals surface area contributed by atoms with Crippen LogP contribution in [0.15, 0.2) is 65.7 Å². The molecule has 27 heavy (non-hydrogen) atoms. The first kappa shape index (κ1) is 17.7. The van der Waals surface area contributed by atoms with Crippen molar-refractivity contribution in [1.29, 1.82) is 0 Å². The van der Waals surface area contributed by atoms with E-state index in [1.54, 1.807) is 5.38 Å². The highest BCUT2D eigenvalue weighted by molar-refractivity contribution is 7.10. The van der Waals surface area contributed by atoms with Crippen LogP contribution in [-0.4, -0.2) is 17.8 Å². The molecule has 0 bridgehead atoms. The zero-order valence-electron chi connectivity index (χ0n) is 15.1. The third-order valence-electron chi connectivity index (χ3n) is 5.13. The van der Waals surface area contributed by atoms with Crippen molar-refractivity contribution in [3.05, 3.63) is 76.4 Å². The van der Waals surface area contributed by atoms with Gasteiger partial charge in [-0.2, -0.15) is 5.01 Å². The van der Waals surface area contributed by atoms with Gasteiger partial charge in [-0.05, 0) is 34.6 Å². The number of anilines is 1. The molecule has 1 aliphatic heterocycles. The van der Waals surface area contributed by atoms with Gasteiger partial charge in [0.15, 0.2) is 5.70 Å². The molecule has 0 radical (unpaired) electrons. The van der Waals surface area contributed by atoms with Gasteiger partial charge in [0.05, 0.1) is 4.88 Å². The number of fused-ring (bicyclic) bond motifs is 1. The number of rotatable bonds is 5. The van der Waals surface area contributed by atoms with E-state index in [2.05, 4.69) is 0 Å². The zero-order chi connectivity index (χ0) is 19.0. The lowest BCUT2D eigenvalue weighted by Crippen LogP contribution is -2.56. The number of hydrogen-bond acceptors (Lipinski definition) is 4. The average molecular weight is 383 g/mol. The maximum atomic E-state index is 14.5. The van der Waals surface area contributed by atoms with Gasteiger partial charge < -0.3 is 0 Å². The van der Waals surface area contributed by atoms with E-state index in [0.717, 1.165) is 22.2 Å². The van der Waals surface area contributed by atoms with Crippen LogP contribution in [-0.2, 0) is 9.63 Å². The summed E-state index contributed by atoms with van der Waals surface area (Å²) in [5, 5.41) is 5.83. The first-order chi connectivity index (χ1) is 13.1. The fraction of sp³-hybridized carbons (Fsp3) is 0.190. The van der Waals surface area contributed by atoms with Crippen LogP contribution in [0.1, 0.15) is 24.8 Å². The molecule has 0 aliphatic carbocycles. The summed E-state index contributed by atoms with van der Waals surface area (Å²) in [5.74, 6) is -0.249. The number of quaternary nitrogens is 1. The minimum Gasteiger partial charge on any atom is -0.249 e. The third kappa shape index (κ3) is 2.64. The highest BCUT2D eigenvalue weighted by Gasteiger charge is 2.51. The van der Waals surface area contributed by atoms with E-state index in [4.69, 9.17) is 4.84 Å². The van der Waals surface area contributed by atoms with Crippen molar-refractivity contribution in [3.63, 3.8) is 0 Å². The molecule has 0 spiro atoms. The molecule has 4 nitrogen and oxygen atoms in total. The van der Waals surface area contributed by atoms with E-state index in [-0.39, 0.29) is 16.6 Å². The summed E-state index contributed by atoms with van der Waals surface area (Å²) in [7, 11) is 0. The molecule has 1 aromatic heterocycles. The maximum absolute atomic E-state index is 14.5. The Morgan fingerprint density at radius 2 is 2.00 bits per heavy atom. The first-order valence-electron chi connectivity index (χ1n) is 8.82. The summed E-state index contributed by atoms with van der Waals surface area (Å²) in [5.41, 5.74) is 1.73. The molecule has 4 rings (SSSR count). The van der Waals surface area contributed by atoms with Crippen LogP contribution < -0.4 is 5.01 Å². The molecular weight excluding hydrogens is 363 g/mol. The Hall–Kier alpha value is -2.70. The molecule has 0 saturated carbocycles. The van der Waals surface area contributed by atoms with E-state index in [1.807, 2.05) is 67.4 Å². The van der Waals surface area contributed by atoms with Crippen LogP contribution in [0.3, 0.4) is 0 Å². The van der Waals surface area contributed by atoms with Gasteiger partial charge in [0.1, 0.15) is 24.1 Å². The summed E-state index contributed by atoms with van der Waals surface area (Å²) in [6, 6.07) is 15.1. The van der Waals surface area contributed by atoms with Crippen molar-refractivity contribution in [3.8, 4) is 0 Å². The lowest BCUT2D eigenvalue weighted by molar-refractivity contribution is -1.06. The van der Waals surface area contributed by atoms with Crippen LogP contribution in [0.4, 0.5) is 10.1 Å². The molecule has 2 aromatic carbocycles. The van der Waals surface area contributed by atoms with E-state index < -0.39 is 0 Å². The Morgan fingerprint density at radius 3 is 2.70 bits per heavy atom. The van der Waals surface area contributed by atoms with Gasteiger partial charge in [0.25, 0.3) is 0 Å². The van der Waals surface area contributed by atoms with Gasteiger partial charge in [-0.3, -0.25) is 0 Å². The topological polar surface area (TPSA) is 29.5 Å². The largest absolute Gasteiger partial charge is 0.359 e. The summed E-state index contributed by atoms with van der Waals surface area (Å²) < 4.78 is 14.4. The normalized spacial score (nSPS) is 22.1. The van der Waals surface area contributed by atoms with Crippen LogP contribution >= 0.6 is 11.3 Å². The molecule has 2 unspecified atom stereocenters. The molecule has 6 heteroatoms. The van der Waals surface area contributed by atoms with E-state index in [0.29, 0.717) is 17.9 Å². The van der Waals surface area contributed by atoms with E-state index in [9.17, 15) is 9.18 Å². The van der Waals surface area contributed by atoms with Crippen molar-refractivity contribution >= 4 is 34.3 Å². The van der Waals surface area contributed by atoms with Gasteiger partial charge in [0.2, 0.25) is 0 Å². The molecule has 0 fully saturated rings. The average Bonchev–Trinajstić information content (AvgIpc) is 3.23. The molecular formula is C21H20FN2O2S+. The second-order valence-electron chi connectivity index (χ2n) is 6.45. The number of halogens is 1. The van der Waals surface area contributed by atoms with Crippen LogP contribution in [0.2, 0.25) is 0 Å². The molecule has 3 aromatic rings. The highest BCUT2D eigenvalue weighted by Crippen LogP contribution is 2.47. The molecule has 1 aliphatic rings. The van der Waals surface area contributed by atoms with Gasteiger partial charge in [0, 0.05) is 18.4 Å². The van der Waals surface area contributed by atoms with Crippen molar-refractivity contribution in [1.82, 2.24) is 0 Å². The summed E-state index contributed by atoms with van der Waals surface area (Å²) in [6.07, 6.45) is 1.98. The number of hydroxylamine groups is 2. The van der Waals surface area contributed by atoms with Gasteiger partial charge in [-0.25, -0.2) is 14.0 Å². The zero-order valence-corrected chi connectivity index (χ0v) is 15.9.